The lowest BCUT2D eigenvalue weighted by Crippen LogP contribution is -2.28. The van der Waals surface area contributed by atoms with Crippen LogP contribution < -0.4 is 10.1 Å². The SMILES string of the molecule is Cc1[nH]ncc1C(=O)NCCOc1ccccc1. The number of hydrogen-bond acceptors (Lipinski definition) is 3. The van der Waals surface area contributed by atoms with Crippen LogP contribution in [0, 0.1) is 6.92 Å². The molecule has 2 aromatic rings. The number of para-hydroxylation sites is 1. The first-order chi connectivity index (χ1) is 8.77. The van der Waals surface area contributed by atoms with Gasteiger partial charge in [-0.1, -0.05) is 18.2 Å². The second kappa shape index (κ2) is 5.86. The van der Waals surface area contributed by atoms with Gasteiger partial charge < -0.3 is 10.1 Å². The summed E-state index contributed by atoms with van der Waals surface area (Å²) >= 11 is 0. The number of benzene rings is 1. The molecule has 0 unspecified atom stereocenters. The van der Waals surface area contributed by atoms with Crippen molar-refractivity contribution in [1.82, 2.24) is 15.5 Å². The highest BCUT2D eigenvalue weighted by atomic mass is 16.5. The summed E-state index contributed by atoms with van der Waals surface area (Å²) in [5.74, 6) is 0.657. The van der Waals surface area contributed by atoms with Crippen LogP contribution >= 0.6 is 0 Å². The van der Waals surface area contributed by atoms with Crippen molar-refractivity contribution in [2.75, 3.05) is 13.2 Å². The lowest BCUT2D eigenvalue weighted by atomic mass is 10.2. The summed E-state index contributed by atoms with van der Waals surface area (Å²) in [6.45, 7) is 2.70. The molecule has 2 rings (SSSR count). The van der Waals surface area contributed by atoms with E-state index < -0.39 is 0 Å². The van der Waals surface area contributed by atoms with Crippen LogP contribution in [0.4, 0.5) is 0 Å². The minimum absolute atomic E-state index is 0.141. The van der Waals surface area contributed by atoms with E-state index in [1.807, 2.05) is 37.3 Å². The fourth-order valence-corrected chi connectivity index (χ4v) is 1.53. The minimum Gasteiger partial charge on any atom is -0.492 e. The summed E-state index contributed by atoms with van der Waals surface area (Å²) in [7, 11) is 0. The number of aryl methyl sites for hydroxylation is 1. The number of nitrogens with one attached hydrogen (secondary N) is 2. The molecule has 0 aliphatic heterocycles. The molecule has 94 valence electrons. The molecular weight excluding hydrogens is 230 g/mol. The molecule has 0 atom stereocenters. The Morgan fingerprint density at radius 1 is 1.39 bits per heavy atom. The largest absolute Gasteiger partial charge is 0.492 e. The van der Waals surface area contributed by atoms with Gasteiger partial charge in [-0.2, -0.15) is 5.10 Å². The van der Waals surface area contributed by atoms with E-state index in [1.165, 1.54) is 6.20 Å². The van der Waals surface area contributed by atoms with Crippen LogP contribution in [0.5, 0.6) is 5.75 Å². The summed E-state index contributed by atoms with van der Waals surface area (Å²) in [5, 5.41) is 9.30. The highest BCUT2D eigenvalue weighted by Gasteiger charge is 2.09. The molecule has 1 aromatic carbocycles. The normalized spacial score (nSPS) is 10.1. The van der Waals surface area contributed by atoms with E-state index in [4.69, 9.17) is 4.74 Å². The predicted octanol–water partition coefficient (Wildman–Crippen LogP) is 1.53. The van der Waals surface area contributed by atoms with Gasteiger partial charge in [0.1, 0.15) is 12.4 Å². The molecule has 0 saturated carbocycles. The molecule has 0 bridgehead atoms. The zero-order chi connectivity index (χ0) is 12.8. The molecule has 18 heavy (non-hydrogen) atoms. The van der Waals surface area contributed by atoms with Gasteiger partial charge in [0.15, 0.2) is 0 Å². The Balaban J connectivity index is 1.73. The summed E-state index contributed by atoms with van der Waals surface area (Å²) in [5.41, 5.74) is 1.33. The van der Waals surface area contributed by atoms with Crippen LogP contribution in [0.15, 0.2) is 36.5 Å². The number of aromatic nitrogens is 2. The van der Waals surface area contributed by atoms with E-state index in [0.717, 1.165) is 11.4 Å². The van der Waals surface area contributed by atoms with Crippen molar-refractivity contribution in [3.63, 3.8) is 0 Å². The van der Waals surface area contributed by atoms with Crippen molar-refractivity contribution >= 4 is 5.91 Å². The highest BCUT2D eigenvalue weighted by Crippen LogP contribution is 2.07. The van der Waals surface area contributed by atoms with Crippen molar-refractivity contribution in [1.29, 1.82) is 0 Å². The topological polar surface area (TPSA) is 67.0 Å². The Hall–Kier alpha value is -2.30. The Morgan fingerprint density at radius 3 is 2.83 bits per heavy atom. The maximum atomic E-state index is 11.7. The van der Waals surface area contributed by atoms with Crippen LogP contribution in [-0.2, 0) is 0 Å². The summed E-state index contributed by atoms with van der Waals surface area (Å²) in [4.78, 5) is 11.7. The number of hydrogen-bond donors (Lipinski definition) is 2. The van der Waals surface area contributed by atoms with Gasteiger partial charge in [-0.15, -0.1) is 0 Å². The van der Waals surface area contributed by atoms with E-state index in [-0.39, 0.29) is 5.91 Å². The number of amides is 1. The summed E-state index contributed by atoms with van der Waals surface area (Å²) in [6.07, 6.45) is 1.52. The molecule has 0 aliphatic rings. The number of H-pyrrole nitrogens is 1. The molecule has 1 aromatic heterocycles. The van der Waals surface area contributed by atoms with Crippen molar-refractivity contribution in [2.45, 2.75) is 6.92 Å². The second-order valence-electron chi connectivity index (χ2n) is 3.83. The fraction of sp³-hybridized carbons (Fsp3) is 0.231. The van der Waals surface area contributed by atoms with Gasteiger partial charge in [-0.05, 0) is 19.1 Å². The Kier molecular flexibility index (Phi) is 3.96. The average Bonchev–Trinajstić information content (AvgIpc) is 2.82. The molecule has 5 nitrogen and oxygen atoms in total. The number of rotatable bonds is 5. The van der Waals surface area contributed by atoms with Crippen molar-refractivity contribution in [3.8, 4) is 5.75 Å². The van der Waals surface area contributed by atoms with E-state index in [2.05, 4.69) is 15.5 Å². The molecule has 5 heteroatoms. The maximum absolute atomic E-state index is 11.7. The van der Waals surface area contributed by atoms with E-state index in [1.54, 1.807) is 0 Å². The zero-order valence-corrected chi connectivity index (χ0v) is 10.1. The fourth-order valence-electron chi connectivity index (χ4n) is 1.53. The van der Waals surface area contributed by atoms with Crippen LogP contribution in [0.25, 0.3) is 0 Å². The lowest BCUT2D eigenvalue weighted by molar-refractivity contribution is 0.0946. The molecule has 0 fully saturated rings. The Morgan fingerprint density at radius 2 is 2.17 bits per heavy atom. The lowest BCUT2D eigenvalue weighted by Gasteiger charge is -2.07. The van der Waals surface area contributed by atoms with Gasteiger partial charge >= 0.3 is 0 Å². The van der Waals surface area contributed by atoms with Crippen molar-refractivity contribution in [3.05, 3.63) is 47.8 Å². The van der Waals surface area contributed by atoms with E-state index in [9.17, 15) is 4.79 Å². The molecule has 0 spiro atoms. The van der Waals surface area contributed by atoms with Gasteiger partial charge in [-0.3, -0.25) is 9.89 Å². The number of carbonyl (C=O) groups excluding carboxylic acids is 1. The number of aromatic amines is 1. The molecule has 1 heterocycles. The van der Waals surface area contributed by atoms with E-state index in [0.29, 0.717) is 18.7 Å². The smallest absolute Gasteiger partial charge is 0.254 e. The maximum Gasteiger partial charge on any atom is 0.254 e. The van der Waals surface area contributed by atoms with Gasteiger partial charge in [0.2, 0.25) is 0 Å². The summed E-state index contributed by atoms with van der Waals surface area (Å²) in [6, 6.07) is 9.49. The third-order valence-corrected chi connectivity index (χ3v) is 2.47. The van der Waals surface area contributed by atoms with Crippen molar-refractivity contribution in [2.24, 2.45) is 0 Å². The predicted molar refractivity (Wildman–Crippen MR) is 67.6 cm³/mol. The molecular formula is C13H15N3O2. The first-order valence-corrected chi connectivity index (χ1v) is 5.73. The second-order valence-corrected chi connectivity index (χ2v) is 3.83. The van der Waals surface area contributed by atoms with Crippen LogP contribution in [0.2, 0.25) is 0 Å². The Bertz CT molecular complexity index is 508. The van der Waals surface area contributed by atoms with Crippen LogP contribution in [0.1, 0.15) is 16.1 Å². The number of nitrogens with zero attached hydrogens (tertiary/aromatic N) is 1. The molecule has 1 amide bonds. The molecule has 2 N–H and O–H groups in total. The molecule has 0 saturated heterocycles. The summed E-state index contributed by atoms with van der Waals surface area (Å²) < 4.78 is 5.47. The highest BCUT2D eigenvalue weighted by molar-refractivity contribution is 5.94. The monoisotopic (exact) mass is 245 g/mol. The van der Waals surface area contributed by atoms with Gasteiger partial charge in [-0.25, -0.2) is 0 Å². The van der Waals surface area contributed by atoms with Gasteiger partial charge in [0, 0.05) is 5.69 Å². The average molecular weight is 245 g/mol. The third-order valence-electron chi connectivity index (χ3n) is 2.47. The standard InChI is InChI=1S/C13H15N3O2/c1-10-12(9-15-16-10)13(17)14-7-8-18-11-5-3-2-4-6-11/h2-6,9H,7-8H2,1H3,(H,14,17)(H,15,16). The molecule has 0 aliphatic carbocycles. The first-order valence-electron chi connectivity index (χ1n) is 5.73. The van der Waals surface area contributed by atoms with Crippen LogP contribution in [0.3, 0.4) is 0 Å². The van der Waals surface area contributed by atoms with Gasteiger partial charge in [0.05, 0.1) is 18.3 Å². The van der Waals surface area contributed by atoms with Crippen molar-refractivity contribution < 1.29 is 9.53 Å². The first kappa shape index (κ1) is 12.2. The number of ether oxygens (including phenoxy) is 1. The quantitative estimate of drug-likeness (QED) is 0.785. The molecule has 0 radical (unpaired) electrons. The third kappa shape index (κ3) is 3.10. The van der Waals surface area contributed by atoms with Gasteiger partial charge in [0.25, 0.3) is 5.91 Å². The number of carbonyl (C=O) groups is 1. The Labute approximate surface area is 105 Å². The van der Waals surface area contributed by atoms with Crippen LogP contribution in [-0.4, -0.2) is 29.3 Å². The van der Waals surface area contributed by atoms with E-state index >= 15 is 0 Å². The minimum atomic E-state index is -0.141. The zero-order valence-electron chi connectivity index (χ0n) is 10.1.